The number of benzene rings is 2. The van der Waals surface area contributed by atoms with E-state index < -0.39 is 5.91 Å². The molecule has 0 heterocycles. The first-order chi connectivity index (χ1) is 8.99. The second-order valence-corrected chi connectivity index (χ2v) is 4.61. The van der Waals surface area contributed by atoms with E-state index in [-0.39, 0.29) is 0 Å². The Morgan fingerprint density at radius 3 is 2.63 bits per heavy atom. The number of nitrogens with one attached hydrogen (secondary N) is 1. The van der Waals surface area contributed by atoms with Crippen molar-refractivity contribution >= 4 is 34.6 Å². The van der Waals surface area contributed by atoms with Gasteiger partial charge in [-0.1, -0.05) is 17.7 Å². The van der Waals surface area contributed by atoms with Crippen LogP contribution in [0.1, 0.15) is 15.9 Å². The normalized spacial score (nSPS) is 10.2. The molecule has 98 valence electrons. The fraction of sp³-hybridized carbons (Fsp3) is 0.0714. The number of nitrogens with two attached hydrogens (primary N) is 2. The van der Waals surface area contributed by atoms with Crippen molar-refractivity contribution in [2.75, 3.05) is 11.1 Å². The van der Waals surface area contributed by atoms with Gasteiger partial charge in [0, 0.05) is 16.4 Å². The molecule has 0 saturated carbocycles. The first-order valence-electron chi connectivity index (χ1n) is 5.70. The predicted octanol–water partition coefficient (Wildman–Crippen LogP) is 3.07. The predicted molar refractivity (Wildman–Crippen MR) is 78.8 cm³/mol. The number of primary amides is 1. The lowest BCUT2D eigenvalue weighted by Gasteiger charge is -2.13. The van der Waals surface area contributed by atoms with Crippen LogP contribution in [-0.2, 0) is 0 Å². The van der Waals surface area contributed by atoms with E-state index in [1.54, 1.807) is 24.3 Å². The number of nitrogen functional groups attached to an aromatic ring is 1. The van der Waals surface area contributed by atoms with Gasteiger partial charge < -0.3 is 16.8 Å². The lowest BCUT2D eigenvalue weighted by molar-refractivity contribution is 0.100. The molecule has 1 amide bonds. The molecule has 4 nitrogen and oxygen atoms in total. The molecule has 19 heavy (non-hydrogen) atoms. The fourth-order valence-corrected chi connectivity index (χ4v) is 1.94. The second-order valence-electron chi connectivity index (χ2n) is 4.21. The number of hydrogen-bond donors (Lipinski definition) is 3. The highest BCUT2D eigenvalue weighted by atomic mass is 35.5. The highest BCUT2D eigenvalue weighted by Gasteiger charge is 2.10. The number of amides is 1. The third kappa shape index (κ3) is 2.80. The van der Waals surface area contributed by atoms with E-state index in [2.05, 4.69) is 5.32 Å². The van der Waals surface area contributed by atoms with Crippen molar-refractivity contribution in [3.63, 3.8) is 0 Å². The van der Waals surface area contributed by atoms with Crippen molar-refractivity contribution in [3.8, 4) is 0 Å². The molecule has 0 aromatic heterocycles. The maximum Gasteiger partial charge on any atom is 0.250 e. The first-order valence-corrected chi connectivity index (χ1v) is 6.08. The molecule has 0 saturated heterocycles. The Labute approximate surface area is 116 Å². The summed E-state index contributed by atoms with van der Waals surface area (Å²) < 4.78 is 0. The van der Waals surface area contributed by atoms with Crippen LogP contribution < -0.4 is 16.8 Å². The number of carbonyl (C=O) groups excluding carboxylic acids is 1. The summed E-state index contributed by atoms with van der Waals surface area (Å²) in [6.07, 6.45) is 0. The van der Waals surface area contributed by atoms with Gasteiger partial charge in [-0.3, -0.25) is 4.79 Å². The lowest BCUT2D eigenvalue weighted by Crippen LogP contribution is -2.14. The minimum Gasteiger partial charge on any atom is -0.399 e. The molecule has 0 aliphatic carbocycles. The van der Waals surface area contributed by atoms with Crippen LogP contribution >= 0.6 is 11.6 Å². The van der Waals surface area contributed by atoms with Gasteiger partial charge in [0.25, 0.3) is 5.91 Å². The quantitative estimate of drug-likeness (QED) is 0.753. The molecule has 0 unspecified atom stereocenters. The van der Waals surface area contributed by atoms with Gasteiger partial charge in [-0.2, -0.15) is 0 Å². The molecule has 5 N–H and O–H groups in total. The Bertz CT molecular complexity index is 641. The lowest BCUT2D eigenvalue weighted by atomic mass is 10.1. The standard InChI is InChI=1S/C14H14ClN3O/c1-8-11(15)3-2-4-12(8)18-13-6-5-9(16)7-10(13)14(17)19/h2-7,18H,16H2,1H3,(H2,17,19). The van der Waals surface area contributed by atoms with E-state index in [1.807, 2.05) is 19.1 Å². The summed E-state index contributed by atoms with van der Waals surface area (Å²) in [4.78, 5) is 11.4. The number of carbonyl (C=O) groups is 1. The smallest absolute Gasteiger partial charge is 0.250 e. The van der Waals surface area contributed by atoms with E-state index >= 15 is 0 Å². The van der Waals surface area contributed by atoms with Gasteiger partial charge in [0.05, 0.1) is 11.3 Å². The first kappa shape index (κ1) is 13.2. The maximum atomic E-state index is 11.4. The molecule has 2 aromatic carbocycles. The van der Waals surface area contributed by atoms with Crippen molar-refractivity contribution in [1.82, 2.24) is 0 Å². The molecular weight excluding hydrogens is 262 g/mol. The molecular formula is C14H14ClN3O. The molecule has 0 spiro atoms. The van der Waals surface area contributed by atoms with Crippen LogP contribution in [0.5, 0.6) is 0 Å². The van der Waals surface area contributed by atoms with Crippen LogP contribution in [0.3, 0.4) is 0 Å². The summed E-state index contributed by atoms with van der Waals surface area (Å²) >= 11 is 6.06. The third-order valence-electron chi connectivity index (χ3n) is 2.85. The highest BCUT2D eigenvalue weighted by molar-refractivity contribution is 6.31. The number of hydrogen-bond acceptors (Lipinski definition) is 3. The number of rotatable bonds is 3. The van der Waals surface area contributed by atoms with Gasteiger partial charge in [-0.15, -0.1) is 0 Å². The van der Waals surface area contributed by atoms with Crippen LogP contribution in [0.2, 0.25) is 5.02 Å². The van der Waals surface area contributed by atoms with Crippen LogP contribution in [0.15, 0.2) is 36.4 Å². The van der Waals surface area contributed by atoms with Gasteiger partial charge in [-0.25, -0.2) is 0 Å². The largest absolute Gasteiger partial charge is 0.399 e. The Morgan fingerprint density at radius 2 is 1.95 bits per heavy atom. The zero-order valence-electron chi connectivity index (χ0n) is 10.4. The van der Waals surface area contributed by atoms with Crippen LogP contribution in [0.25, 0.3) is 0 Å². The molecule has 2 aromatic rings. The van der Waals surface area contributed by atoms with Crippen molar-refractivity contribution in [2.24, 2.45) is 5.73 Å². The molecule has 0 bridgehead atoms. The Kier molecular flexibility index (Phi) is 3.62. The SMILES string of the molecule is Cc1c(Cl)cccc1Nc1ccc(N)cc1C(N)=O. The van der Waals surface area contributed by atoms with E-state index in [9.17, 15) is 4.79 Å². The molecule has 0 fully saturated rings. The molecule has 0 aliphatic heterocycles. The van der Waals surface area contributed by atoms with E-state index in [4.69, 9.17) is 23.1 Å². The molecule has 2 rings (SSSR count). The minimum atomic E-state index is -0.533. The van der Waals surface area contributed by atoms with Gasteiger partial charge in [0.15, 0.2) is 0 Å². The van der Waals surface area contributed by atoms with Crippen LogP contribution in [0, 0.1) is 6.92 Å². The molecule has 0 aliphatic rings. The second kappa shape index (κ2) is 5.20. The zero-order valence-corrected chi connectivity index (χ0v) is 11.2. The Morgan fingerprint density at radius 1 is 1.21 bits per heavy atom. The average molecular weight is 276 g/mol. The summed E-state index contributed by atoms with van der Waals surface area (Å²) in [5, 5.41) is 3.80. The summed E-state index contributed by atoms with van der Waals surface area (Å²) in [6.45, 7) is 1.89. The summed E-state index contributed by atoms with van der Waals surface area (Å²) in [5.41, 5.74) is 14.2. The highest BCUT2D eigenvalue weighted by Crippen LogP contribution is 2.28. The summed E-state index contributed by atoms with van der Waals surface area (Å²) in [5.74, 6) is -0.533. The average Bonchev–Trinajstić information content (AvgIpc) is 2.36. The maximum absolute atomic E-state index is 11.4. The van der Waals surface area contributed by atoms with Crippen LogP contribution in [-0.4, -0.2) is 5.91 Å². The van der Waals surface area contributed by atoms with Gasteiger partial charge in [-0.05, 0) is 42.8 Å². The van der Waals surface area contributed by atoms with Gasteiger partial charge in [0.2, 0.25) is 0 Å². The van der Waals surface area contributed by atoms with E-state index in [0.717, 1.165) is 11.3 Å². The molecule has 0 atom stereocenters. The Hall–Kier alpha value is -2.20. The number of halogens is 1. The fourth-order valence-electron chi connectivity index (χ4n) is 1.76. The number of anilines is 3. The van der Waals surface area contributed by atoms with E-state index in [1.165, 1.54) is 0 Å². The van der Waals surface area contributed by atoms with Crippen molar-refractivity contribution in [1.29, 1.82) is 0 Å². The molecule has 0 radical (unpaired) electrons. The summed E-state index contributed by atoms with van der Waals surface area (Å²) in [6, 6.07) is 10.5. The Balaban J connectivity index is 2.44. The minimum absolute atomic E-state index is 0.347. The zero-order chi connectivity index (χ0) is 14.0. The topological polar surface area (TPSA) is 81.1 Å². The van der Waals surface area contributed by atoms with Crippen molar-refractivity contribution in [2.45, 2.75) is 6.92 Å². The summed E-state index contributed by atoms with van der Waals surface area (Å²) in [7, 11) is 0. The molecule has 5 heteroatoms. The van der Waals surface area contributed by atoms with E-state index in [0.29, 0.717) is 22.0 Å². The van der Waals surface area contributed by atoms with Crippen molar-refractivity contribution < 1.29 is 4.79 Å². The van der Waals surface area contributed by atoms with Gasteiger partial charge >= 0.3 is 0 Å². The van der Waals surface area contributed by atoms with Crippen molar-refractivity contribution in [3.05, 3.63) is 52.5 Å². The third-order valence-corrected chi connectivity index (χ3v) is 3.26. The monoisotopic (exact) mass is 275 g/mol. The van der Waals surface area contributed by atoms with Crippen LogP contribution in [0.4, 0.5) is 17.1 Å². The van der Waals surface area contributed by atoms with Gasteiger partial charge in [0.1, 0.15) is 0 Å².